The van der Waals surface area contributed by atoms with Gasteiger partial charge < -0.3 is 30.3 Å². The molecule has 1 saturated heterocycles. The largest absolute Gasteiger partial charge is 0.573 e. The average molecular weight is 536 g/mol. The van der Waals surface area contributed by atoms with Crippen molar-refractivity contribution >= 4 is 23.8 Å². The lowest BCUT2D eigenvalue weighted by atomic mass is 10.2. The van der Waals surface area contributed by atoms with Gasteiger partial charge in [-0.25, -0.2) is 9.78 Å². The molecule has 38 heavy (non-hydrogen) atoms. The number of para-hydroxylation sites is 1. The normalized spacial score (nSPS) is 15.4. The van der Waals surface area contributed by atoms with Crippen molar-refractivity contribution in [1.29, 1.82) is 5.26 Å². The summed E-state index contributed by atoms with van der Waals surface area (Å²) in [7, 11) is 0. The quantitative estimate of drug-likeness (QED) is 0.464. The number of likely N-dealkylation sites (tertiary alicyclic amines) is 1. The van der Waals surface area contributed by atoms with Crippen LogP contribution in [0.1, 0.15) is 38.3 Å². The number of nitriles is 1. The van der Waals surface area contributed by atoms with Gasteiger partial charge in [0, 0.05) is 31.2 Å². The van der Waals surface area contributed by atoms with Gasteiger partial charge in [0.1, 0.15) is 28.8 Å². The topological polar surface area (TPSA) is 142 Å². The number of rotatable bonds is 8. The van der Waals surface area contributed by atoms with Crippen molar-refractivity contribution < 1.29 is 32.2 Å². The average Bonchev–Trinajstić information content (AvgIpc) is 3.29. The van der Waals surface area contributed by atoms with Crippen LogP contribution >= 0.6 is 0 Å². The number of halogens is 3. The molecule has 3 N–H and O–H groups in total. The molecule has 11 nitrogen and oxygen atoms in total. The van der Waals surface area contributed by atoms with Crippen LogP contribution in [0.25, 0.3) is 0 Å². The molecule has 0 aliphatic carbocycles. The van der Waals surface area contributed by atoms with Crippen molar-refractivity contribution in [2.24, 2.45) is 0 Å². The van der Waals surface area contributed by atoms with Crippen molar-refractivity contribution in [3.05, 3.63) is 41.6 Å². The zero-order chi connectivity index (χ0) is 27.9. The molecule has 1 atom stereocenters. The van der Waals surface area contributed by atoms with Crippen LogP contribution in [0.2, 0.25) is 0 Å². The molecule has 3 rings (SSSR count). The molecule has 1 aromatic carbocycles. The van der Waals surface area contributed by atoms with Gasteiger partial charge in [-0.3, -0.25) is 4.79 Å². The first-order valence-corrected chi connectivity index (χ1v) is 11.7. The predicted octanol–water partition coefficient (Wildman–Crippen LogP) is 3.40. The van der Waals surface area contributed by atoms with E-state index in [9.17, 15) is 28.0 Å². The first kappa shape index (κ1) is 28.3. The second-order valence-corrected chi connectivity index (χ2v) is 9.41. The fourth-order valence-corrected chi connectivity index (χ4v) is 3.55. The summed E-state index contributed by atoms with van der Waals surface area (Å²) < 4.78 is 47.3. The number of amides is 2. The minimum absolute atomic E-state index is 0.0255. The molecule has 0 unspecified atom stereocenters. The lowest BCUT2D eigenvalue weighted by Crippen LogP contribution is -2.42. The lowest BCUT2D eigenvalue weighted by molar-refractivity contribution is -0.274. The van der Waals surface area contributed by atoms with Crippen LogP contribution in [0, 0.1) is 11.3 Å². The number of aromatic nitrogens is 2. The van der Waals surface area contributed by atoms with E-state index in [1.54, 1.807) is 26.8 Å². The Morgan fingerprint density at radius 2 is 1.95 bits per heavy atom. The molecular weight excluding hydrogens is 507 g/mol. The second-order valence-electron chi connectivity index (χ2n) is 9.41. The first-order valence-electron chi connectivity index (χ1n) is 11.7. The molecule has 1 fully saturated rings. The third-order valence-corrected chi connectivity index (χ3v) is 5.17. The van der Waals surface area contributed by atoms with Gasteiger partial charge in [0.25, 0.3) is 0 Å². The summed E-state index contributed by atoms with van der Waals surface area (Å²) >= 11 is 0. The van der Waals surface area contributed by atoms with Crippen molar-refractivity contribution in [3.8, 4) is 11.8 Å². The summed E-state index contributed by atoms with van der Waals surface area (Å²) in [5, 5.41) is 17.7. The van der Waals surface area contributed by atoms with Gasteiger partial charge in [-0.1, -0.05) is 18.2 Å². The second kappa shape index (κ2) is 11.8. The summed E-state index contributed by atoms with van der Waals surface area (Å²) in [5.74, 6) is -0.649. The van der Waals surface area contributed by atoms with Gasteiger partial charge in [0.2, 0.25) is 11.9 Å². The fraction of sp³-hybridized carbons (Fsp3) is 0.458. The smallest absolute Gasteiger partial charge is 0.444 e. The summed E-state index contributed by atoms with van der Waals surface area (Å²) in [4.78, 5) is 34.4. The van der Waals surface area contributed by atoms with Crippen molar-refractivity contribution in [3.63, 3.8) is 0 Å². The molecule has 1 aliphatic rings. The van der Waals surface area contributed by atoms with Crippen LogP contribution in [-0.4, -0.2) is 64.5 Å². The maximum atomic E-state index is 12.7. The standard InChI is InChI=1S/C24H28F3N7O4/c1-23(2,3)38-22(36)34-9-8-17(14-34)32-19(35)13-29-20-16(10-28)12-31-21(33-20)30-11-15-6-4-5-7-18(15)37-24(25,26)27/h4-7,12,17H,8-9,11,13-14H2,1-3H3,(H,32,35)(H2,29,30,31,33)/t17-/m0/s1. The van der Waals surface area contributed by atoms with Crippen LogP contribution in [0.15, 0.2) is 30.5 Å². The maximum absolute atomic E-state index is 12.7. The molecule has 0 saturated carbocycles. The van der Waals surface area contributed by atoms with Crippen LogP contribution in [0.5, 0.6) is 5.75 Å². The summed E-state index contributed by atoms with van der Waals surface area (Å²) in [6, 6.07) is 7.27. The third kappa shape index (κ3) is 8.68. The van der Waals surface area contributed by atoms with E-state index in [-0.39, 0.29) is 53.7 Å². The Morgan fingerprint density at radius 3 is 2.63 bits per heavy atom. The van der Waals surface area contributed by atoms with E-state index in [2.05, 4.69) is 30.7 Å². The first-order chi connectivity index (χ1) is 17.8. The minimum atomic E-state index is -4.84. The monoisotopic (exact) mass is 535 g/mol. The van der Waals surface area contributed by atoms with Crippen LogP contribution in [0.3, 0.4) is 0 Å². The Hall–Kier alpha value is -4.28. The number of carbonyl (C=O) groups is 2. The van der Waals surface area contributed by atoms with E-state index in [1.807, 2.05) is 6.07 Å². The number of benzene rings is 1. The molecule has 2 heterocycles. The number of alkyl halides is 3. The lowest BCUT2D eigenvalue weighted by Gasteiger charge is -2.24. The highest BCUT2D eigenvalue weighted by Crippen LogP contribution is 2.26. The number of carbonyl (C=O) groups excluding carboxylic acids is 2. The van der Waals surface area contributed by atoms with Gasteiger partial charge >= 0.3 is 12.5 Å². The molecule has 14 heteroatoms. The Morgan fingerprint density at radius 1 is 1.21 bits per heavy atom. The molecule has 0 bridgehead atoms. The van der Waals surface area contributed by atoms with Gasteiger partial charge in [-0.05, 0) is 33.3 Å². The molecule has 2 amide bonds. The zero-order valence-electron chi connectivity index (χ0n) is 21.1. The molecule has 2 aromatic rings. The zero-order valence-corrected chi connectivity index (χ0v) is 21.1. The minimum Gasteiger partial charge on any atom is -0.444 e. The summed E-state index contributed by atoms with van der Waals surface area (Å²) in [6.07, 6.45) is -3.50. The van der Waals surface area contributed by atoms with Crippen LogP contribution in [0.4, 0.5) is 29.7 Å². The van der Waals surface area contributed by atoms with E-state index in [0.29, 0.717) is 19.5 Å². The van der Waals surface area contributed by atoms with E-state index in [4.69, 9.17) is 4.74 Å². The summed E-state index contributed by atoms with van der Waals surface area (Å²) in [6.45, 7) is 5.78. The fourth-order valence-electron chi connectivity index (χ4n) is 3.55. The number of nitrogens with one attached hydrogen (secondary N) is 3. The number of anilines is 2. The molecule has 204 valence electrons. The molecule has 1 aromatic heterocycles. The van der Waals surface area contributed by atoms with Gasteiger partial charge in [0.15, 0.2) is 0 Å². The Bertz CT molecular complexity index is 1190. The Kier molecular flexibility index (Phi) is 8.82. The predicted molar refractivity (Wildman–Crippen MR) is 130 cm³/mol. The third-order valence-electron chi connectivity index (χ3n) is 5.17. The van der Waals surface area contributed by atoms with Crippen molar-refractivity contribution in [2.45, 2.75) is 51.7 Å². The maximum Gasteiger partial charge on any atom is 0.573 e. The Labute approximate surface area is 217 Å². The van der Waals surface area contributed by atoms with E-state index in [1.165, 1.54) is 29.3 Å². The molecule has 0 spiro atoms. The molecule has 0 radical (unpaired) electrons. The highest BCUT2D eigenvalue weighted by atomic mass is 19.4. The summed E-state index contributed by atoms with van der Waals surface area (Å²) in [5.41, 5.74) is -0.337. The Balaban J connectivity index is 1.55. The van der Waals surface area contributed by atoms with Gasteiger partial charge in [0.05, 0.1) is 12.7 Å². The number of hydrogen-bond acceptors (Lipinski definition) is 9. The van der Waals surface area contributed by atoms with Gasteiger partial charge in [-0.2, -0.15) is 10.2 Å². The van der Waals surface area contributed by atoms with Crippen molar-refractivity contribution in [2.75, 3.05) is 30.3 Å². The SMILES string of the molecule is CC(C)(C)OC(=O)N1CC[C@H](NC(=O)CNc2nc(NCc3ccccc3OC(F)(F)F)ncc2C#N)C1. The van der Waals surface area contributed by atoms with Crippen molar-refractivity contribution in [1.82, 2.24) is 20.2 Å². The number of hydrogen-bond donors (Lipinski definition) is 3. The molecular formula is C24H28F3N7O4. The number of ether oxygens (including phenoxy) is 2. The highest BCUT2D eigenvalue weighted by Gasteiger charge is 2.32. The van der Waals surface area contributed by atoms with E-state index >= 15 is 0 Å². The van der Waals surface area contributed by atoms with Crippen LogP contribution < -0.4 is 20.7 Å². The number of nitrogens with zero attached hydrogens (tertiary/aromatic N) is 4. The van der Waals surface area contributed by atoms with Crippen LogP contribution in [-0.2, 0) is 16.1 Å². The highest BCUT2D eigenvalue weighted by molar-refractivity contribution is 5.81. The van der Waals surface area contributed by atoms with Gasteiger partial charge in [-0.15, -0.1) is 13.2 Å². The van der Waals surface area contributed by atoms with E-state index < -0.39 is 18.1 Å². The van der Waals surface area contributed by atoms with E-state index in [0.717, 1.165) is 0 Å². The molecule has 1 aliphatic heterocycles.